The van der Waals surface area contributed by atoms with Crippen LogP contribution in [0.2, 0.25) is 5.15 Å². The molecule has 1 N–H and O–H groups in total. The summed E-state index contributed by atoms with van der Waals surface area (Å²) in [6.07, 6.45) is 2.57. The van der Waals surface area contributed by atoms with Crippen LogP contribution in [0.5, 0.6) is 0 Å². The lowest BCUT2D eigenvalue weighted by Crippen LogP contribution is -2.18. The fourth-order valence-electron chi connectivity index (χ4n) is 2.27. The molecule has 0 bridgehead atoms. The van der Waals surface area contributed by atoms with Crippen LogP contribution in [0, 0.1) is 0 Å². The minimum atomic E-state index is 0.303. The van der Waals surface area contributed by atoms with E-state index in [1.165, 1.54) is 0 Å². The number of hydrogen-bond acceptors (Lipinski definition) is 3. The smallest absolute Gasteiger partial charge is 0.139 e. The van der Waals surface area contributed by atoms with Gasteiger partial charge in [0.2, 0.25) is 0 Å². The summed E-state index contributed by atoms with van der Waals surface area (Å²) in [7, 11) is 0. The summed E-state index contributed by atoms with van der Waals surface area (Å²) in [6.45, 7) is 1.67. The van der Waals surface area contributed by atoms with Crippen LogP contribution in [-0.4, -0.2) is 24.2 Å². The van der Waals surface area contributed by atoms with E-state index < -0.39 is 0 Å². The maximum atomic E-state index is 6.18. The first-order valence-corrected chi connectivity index (χ1v) is 6.61. The molecule has 18 heavy (non-hydrogen) atoms. The van der Waals surface area contributed by atoms with Gasteiger partial charge >= 0.3 is 0 Å². The van der Waals surface area contributed by atoms with Gasteiger partial charge in [-0.15, -0.1) is 0 Å². The molecular formula is C14H15ClN2O. The van der Waals surface area contributed by atoms with Crippen molar-refractivity contribution < 1.29 is 4.74 Å². The van der Waals surface area contributed by atoms with Crippen LogP contribution in [0.3, 0.4) is 0 Å². The minimum absolute atomic E-state index is 0.303. The average molecular weight is 263 g/mol. The van der Waals surface area contributed by atoms with Gasteiger partial charge in [-0.05, 0) is 24.3 Å². The van der Waals surface area contributed by atoms with Gasteiger partial charge in [-0.25, -0.2) is 4.98 Å². The summed E-state index contributed by atoms with van der Waals surface area (Å²) < 4.78 is 5.57. The maximum Gasteiger partial charge on any atom is 0.139 e. The Morgan fingerprint density at radius 3 is 3.11 bits per heavy atom. The van der Waals surface area contributed by atoms with E-state index in [0.29, 0.717) is 11.3 Å². The highest BCUT2D eigenvalue weighted by atomic mass is 35.5. The molecule has 1 aliphatic rings. The minimum Gasteiger partial charge on any atom is -0.376 e. The number of nitrogens with one attached hydrogen (secondary N) is 1. The Kier molecular flexibility index (Phi) is 3.35. The van der Waals surface area contributed by atoms with Crippen molar-refractivity contribution in [3.05, 3.63) is 35.5 Å². The van der Waals surface area contributed by atoms with E-state index in [4.69, 9.17) is 16.3 Å². The lowest BCUT2D eigenvalue weighted by atomic mass is 10.2. The van der Waals surface area contributed by atoms with Crippen LogP contribution in [0.1, 0.15) is 12.8 Å². The van der Waals surface area contributed by atoms with Crippen molar-refractivity contribution in [1.82, 2.24) is 4.98 Å². The molecule has 2 aromatic rings. The molecule has 1 saturated heterocycles. The second-order valence-electron chi connectivity index (χ2n) is 4.54. The molecule has 0 spiro atoms. The Hall–Kier alpha value is -1.32. The number of benzene rings is 1. The van der Waals surface area contributed by atoms with Gasteiger partial charge in [0, 0.05) is 18.5 Å². The standard InChI is InChI=1S/C14H15ClN2O/c15-14-12-6-2-1-4-10(12)8-13(17-14)16-9-11-5-3-7-18-11/h1-2,4,6,8,11H,3,5,7,9H2,(H,16,17). The van der Waals surface area contributed by atoms with Crippen molar-refractivity contribution in [1.29, 1.82) is 0 Å². The third kappa shape index (κ3) is 2.42. The molecule has 2 heterocycles. The molecule has 1 aromatic heterocycles. The van der Waals surface area contributed by atoms with Crippen molar-refractivity contribution >= 4 is 28.2 Å². The molecular weight excluding hydrogens is 248 g/mol. The van der Waals surface area contributed by atoms with Crippen LogP contribution in [0.25, 0.3) is 10.8 Å². The highest BCUT2D eigenvalue weighted by Gasteiger charge is 2.15. The predicted molar refractivity (Wildman–Crippen MR) is 74.2 cm³/mol. The van der Waals surface area contributed by atoms with E-state index in [0.717, 1.165) is 42.6 Å². The number of ether oxygens (including phenoxy) is 1. The topological polar surface area (TPSA) is 34.2 Å². The molecule has 0 aliphatic carbocycles. The summed E-state index contributed by atoms with van der Waals surface area (Å²) in [4.78, 5) is 4.36. The Morgan fingerprint density at radius 2 is 2.28 bits per heavy atom. The lowest BCUT2D eigenvalue weighted by Gasteiger charge is -2.12. The SMILES string of the molecule is Clc1nc(NCC2CCCO2)cc2ccccc12. The van der Waals surface area contributed by atoms with Crippen LogP contribution in [-0.2, 0) is 4.74 Å². The molecule has 0 saturated carbocycles. The second-order valence-corrected chi connectivity index (χ2v) is 4.89. The number of halogens is 1. The van der Waals surface area contributed by atoms with Crippen LogP contribution in [0.4, 0.5) is 5.82 Å². The lowest BCUT2D eigenvalue weighted by molar-refractivity contribution is 0.120. The zero-order valence-corrected chi connectivity index (χ0v) is 10.8. The molecule has 4 heteroatoms. The highest BCUT2D eigenvalue weighted by molar-refractivity contribution is 6.34. The number of nitrogens with zero attached hydrogens (tertiary/aromatic N) is 1. The first kappa shape index (κ1) is 11.8. The number of pyridine rings is 1. The van der Waals surface area contributed by atoms with Gasteiger partial charge in [0.25, 0.3) is 0 Å². The fraction of sp³-hybridized carbons (Fsp3) is 0.357. The van der Waals surface area contributed by atoms with E-state index in [9.17, 15) is 0 Å². The van der Waals surface area contributed by atoms with Crippen molar-refractivity contribution in [2.24, 2.45) is 0 Å². The Morgan fingerprint density at radius 1 is 1.39 bits per heavy atom. The van der Waals surface area contributed by atoms with Crippen LogP contribution in [0.15, 0.2) is 30.3 Å². The zero-order valence-electron chi connectivity index (χ0n) is 10.0. The summed E-state index contributed by atoms with van der Waals surface area (Å²) in [5.74, 6) is 0.814. The van der Waals surface area contributed by atoms with E-state index in [1.54, 1.807) is 0 Å². The molecule has 1 unspecified atom stereocenters. The molecule has 0 amide bonds. The van der Waals surface area contributed by atoms with E-state index in [1.807, 2.05) is 30.3 Å². The van der Waals surface area contributed by atoms with Gasteiger partial charge in [-0.2, -0.15) is 0 Å². The first-order valence-electron chi connectivity index (χ1n) is 6.24. The number of aromatic nitrogens is 1. The number of rotatable bonds is 3. The van der Waals surface area contributed by atoms with Crippen molar-refractivity contribution in [3.63, 3.8) is 0 Å². The molecule has 1 aromatic carbocycles. The Labute approximate surface area is 111 Å². The number of hydrogen-bond donors (Lipinski definition) is 1. The summed E-state index contributed by atoms with van der Waals surface area (Å²) >= 11 is 6.18. The van der Waals surface area contributed by atoms with Gasteiger partial charge in [0.05, 0.1) is 6.10 Å². The zero-order chi connectivity index (χ0) is 12.4. The third-order valence-electron chi connectivity index (χ3n) is 3.23. The monoisotopic (exact) mass is 262 g/mol. The second kappa shape index (κ2) is 5.12. The number of anilines is 1. The van der Waals surface area contributed by atoms with Gasteiger partial charge in [0.15, 0.2) is 0 Å². The van der Waals surface area contributed by atoms with Crippen LogP contribution >= 0.6 is 11.6 Å². The summed E-state index contributed by atoms with van der Waals surface area (Å²) in [6, 6.07) is 10.0. The van der Waals surface area contributed by atoms with Gasteiger partial charge < -0.3 is 10.1 Å². The quantitative estimate of drug-likeness (QED) is 0.860. The molecule has 1 fully saturated rings. The molecule has 1 aliphatic heterocycles. The van der Waals surface area contributed by atoms with Crippen molar-refractivity contribution in [2.75, 3.05) is 18.5 Å². The van der Waals surface area contributed by atoms with Crippen molar-refractivity contribution in [2.45, 2.75) is 18.9 Å². The van der Waals surface area contributed by atoms with Gasteiger partial charge in [-0.1, -0.05) is 35.9 Å². The summed E-state index contributed by atoms with van der Waals surface area (Å²) in [5, 5.41) is 5.94. The Bertz CT molecular complexity index is 552. The Balaban J connectivity index is 1.79. The summed E-state index contributed by atoms with van der Waals surface area (Å²) in [5.41, 5.74) is 0. The van der Waals surface area contributed by atoms with E-state index in [-0.39, 0.29) is 0 Å². The average Bonchev–Trinajstić information content (AvgIpc) is 2.90. The number of fused-ring (bicyclic) bond motifs is 1. The molecule has 3 nitrogen and oxygen atoms in total. The van der Waals surface area contributed by atoms with Gasteiger partial charge in [0.1, 0.15) is 11.0 Å². The van der Waals surface area contributed by atoms with Gasteiger partial charge in [-0.3, -0.25) is 0 Å². The van der Waals surface area contributed by atoms with Crippen LogP contribution < -0.4 is 5.32 Å². The van der Waals surface area contributed by atoms with E-state index in [2.05, 4.69) is 10.3 Å². The molecule has 1 atom stereocenters. The molecule has 94 valence electrons. The predicted octanol–water partition coefficient (Wildman–Crippen LogP) is 3.48. The largest absolute Gasteiger partial charge is 0.376 e. The normalized spacial score (nSPS) is 19.3. The van der Waals surface area contributed by atoms with E-state index >= 15 is 0 Å². The maximum absolute atomic E-state index is 6.18. The van der Waals surface area contributed by atoms with Crippen molar-refractivity contribution in [3.8, 4) is 0 Å². The highest BCUT2D eigenvalue weighted by Crippen LogP contribution is 2.24. The fourth-order valence-corrected chi connectivity index (χ4v) is 2.53. The first-order chi connectivity index (χ1) is 8.83. The molecule has 0 radical (unpaired) electrons. The third-order valence-corrected chi connectivity index (χ3v) is 3.52. The molecule has 3 rings (SSSR count).